The molecule has 1 aliphatic heterocycles. The van der Waals surface area contributed by atoms with Gasteiger partial charge in [0, 0.05) is 36.4 Å². The van der Waals surface area contributed by atoms with Gasteiger partial charge in [-0.15, -0.1) is 22.7 Å². The third-order valence-corrected chi connectivity index (χ3v) is 6.21. The summed E-state index contributed by atoms with van der Waals surface area (Å²) in [5.74, 6) is 0.822. The van der Waals surface area contributed by atoms with Crippen LogP contribution >= 0.6 is 22.7 Å². The number of aromatic nitrogens is 1. The molecular weight excluding hydrogens is 354 g/mol. The topological polar surface area (TPSA) is 61.8 Å². The maximum atomic E-state index is 5.51. The fraction of sp³-hybridized carbons (Fsp3) is 0.529. The fourth-order valence-electron chi connectivity index (χ4n) is 2.85. The number of nitrogens with one attached hydrogen (secondary N) is 2. The number of aryl methyl sites for hydroxylation is 1. The Labute approximate surface area is 157 Å². The van der Waals surface area contributed by atoms with Crippen molar-refractivity contribution in [1.29, 1.82) is 0 Å². The van der Waals surface area contributed by atoms with Crippen molar-refractivity contribution < 1.29 is 4.74 Å². The molecule has 6 nitrogen and oxygen atoms in total. The minimum absolute atomic E-state index is 0.340. The summed E-state index contributed by atoms with van der Waals surface area (Å²) >= 11 is 3.48. The monoisotopic (exact) mass is 379 g/mol. The van der Waals surface area contributed by atoms with Crippen LogP contribution in [-0.2, 0) is 11.3 Å². The maximum Gasteiger partial charge on any atom is 0.191 e. The second kappa shape index (κ2) is 9.28. The number of aliphatic imine (C=N–C) groups is 1. The normalized spacial score (nSPS) is 17.4. The first kappa shape index (κ1) is 18.3. The van der Waals surface area contributed by atoms with Crippen molar-refractivity contribution >= 4 is 28.6 Å². The van der Waals surface area contributed by atoms with E-state index >= 15 is 0 Å². The largest absolute Gasteiger partial charge is 0.379 e. The Morgan fingerprint density at radius 3 is 2.84 bits per heavy atom. The van der Waals surface area contributed by atoms with Crippen LogP contribution in [0.15, 0.2) is 28.0 Å². The van der Waals surface area contributed by atoms with E-state index in [1.54, 1.807) is 11.3 Å². The molecular formula is C17H25N5OS2. The molecule has 2 aromatic heterocycles. The fourth-order valence-corrected chi connectivity index (χ4v) is 4.43. The van der Waals surface area contributed by atoms with E-state index in [-0.39, 0.29) is 0 Å². The second-order valence-corrected chi connectivity index (χ2v) is 7.77. The Kier molecular flexibility index (Phi) is 6.80. The number of thiazole rings is 1. The number of hydrogen-bond donors (Lipinski definition) is 2. The van der Waals surface area contributed by atoms with Crippen LogP contribution in [0, 0.1) is 6.92 Å². The van der Waals surface area contributed by atoms with Crippen LogP contribution in [0.5, 0.6) is 0 Å². The molecule has 2 aromatic rings. The van der Waals surface area contributed by atoms with Gasteiger partial charge in [0.15, 0.2) is 5.96 Å². The average molecular weight is 380 g/mol. The van der Waals surface area contributed by atoms with Gasteiger partial charge >= 0.3 is 0 Å². The summed E-state index contributed by atoms with van der Waals surface area (Å²) in [6.07, 6.45) is 0. The van der Waals surface area contributed by atoms with Crippen molar-refractivity contribution in [3.63, 3.8) is 0 Å². The molecule has 2 N–H and O–H groups in total. The van der Waals surface area contributed by atoms with Gasteiger partial charge in [-0.25, -0.2) is 4.98 Å². The van der Waals surface area contributed by atoms with Crippen LogP contribution in [0.1, 0.15) is 21.5 Å². The predicted octanol–water partition coefficient (Wildman–Crippen LogP) is 2.25. The Morgan fingerprint density at radius 1 is 1.36 bits per heavy atom. The molecule has 0 saturated carbocycles. The van der Waals surface area contributed by atoms with Crippen molar-refractivity contribution in [3.05, 3.63) is 38.5 Å². The molecule has 25 heavy (non-hydrogen) atoms. The molecule has 1 saturated heterocycles. The van der Waals surface area contributed by atoms with Gasteiger partial charge < -0.3 is 15.4 Å². The Bertz CT molecular complexity index is 664. The molecule has 0 aromatic carbocycles. The summed E-state index contributed by atoms with van der Waals surface area (Å²) in [5.41, 5.74) is 2.96. The predicted molar refractivity (Wildman–Crippen MR) is 105 cm³/mol. The van der Waals surface area contributed by atoms with Gasteiger partial charge in [-0.05, 0) is 18.4 Å². The van der Waals surface area contributed by atoms with Crippen molar-refractivity contribution in [2.45, 2.75) is 19.5 Å². The highest BCUT2D eigenvalue weighted by atomic mass is 32.1. The third kappa shape index (κ3) is 5.01. The minimum atomic E-state index is 0.340. The van der Waals surface area contributed by atoms with E-state index in [1.165, 1.54) is 9.75 Å². The van der Waals surface area contributed by atoms with Gasteiger partial charge in [-0.2, -0.15) is 0 Å². The number of thiophene rings is 1. The lowest BCUT2D eigenvalue weighted by molar-refractivity contribution is 0.0177. The zero-order valence-corrected chi connectivity index (χ0v) is 16.3. The Morgan fingerprint density at radius 2 is 2.20 bits per heavy atom. The second-order valence-electron chi connectivity index (χ2n) is 5.85. The lowest BCUT2D eigenvalue weighted by Gasteiger charge is -2.34. The molecule has 0 amide bonds. The number of rotatable bonds is 6. The molecule has 8 heteroatoms. The highest BCUT2D eigenvalue weighted by molar-refractivity contribution is 7.10. The number of nitrogens with zero attached hydrogens (tertiary/aromatic N) is 3. The average Bonchev–Trinajstić information content (AvgIpc) is 3.31. The van der Waals surface area contributed by atoms with Gasteiger partial charge in [-0.3, -0.25) is 9.89 Å². The Hall–Kier alpha value is -1.48. The van der Waals surface area contributed by atoms with E-state index in [1.807, 2.05) is 30.8 Å². The summed E-state index contributed by atoms with van der Waals surface area (Å²) in [7, 11) is 1.81. The summed E-state index contributed by atoms with van der Waals surface area (Å²) in [6.45, 7) is 7.15. The summed E-state index contributed by atoms with van der Waals surface area (Å²) < 4.78 is 5.51. The summed E-state index contributed by atoms with van der Waals surface area (Å²) in [4.78, 5) is 13.8. The van der Waals surface area contributed by atoms with Gasteiger partial charge in [0.05, 0.1) is 37.0 Å². The Balaban J connectivity index is 1.58. The van der Waals surface area contributed by atoms with Crippen LogP contribution in [-0.4, -0.2) is 55.7 Å². The summed E-state index contributed by atoms with van der Waals surface area (Å²) in [6, 6.07) is 4.67. The molecule has 0 radical (unpaired) electrons. The first-order valence-corrected chi connectivity index (χ1v) is 10.2. The standard InChI is InChI=1S/C17H25N5OS2/c1-13-16(25-12-21-13)11-20-17(18-2)19-10-14(15-4-3-9-24-15)22-5-7-23-8-6-22/h3-4,9,12,14H,5-8,10-11H2,1-2H3,(H2,18,19,20). The molecule has 0 aliphatic carbocycles. The highest BCUT2D eigenvalue weighted by Crippen LogP contribution is 2.25. The molecule has 0 spiro atoms. The van der Waals surface area contributed by atoms with E-state index in [2.05, 4.69) is 43.0 Å². The van der Waals surface area contributed by atoms with Crippen molar-refractivity contribution in [3.8, 4) is 0 Å². The molecule has 0 bridgehead atoms. The van der Waals surface area contributed by atoms with Crippen LogP contribution in [0.3, 0.4) is 0 Å². The minimum Gasteiger partial charge on any atom is -0.379 e. The smallest absolute Gasteiger partial charge is 0.191 e. The molecule has 3 rings (SSSR count). The maximum absolute atomic E-state index is 5.51. The number of morpholine rings is 1. The van der Waals surface area contributed by atoms with Crippen LogP contribution in [0.25, 0.3) is 0 Å². The quantitative estimate of drug-likeness (QED) is 0.595. The first-order chi connectivity index (χ1) is 12.3. The SMILES string of the molecule is CN=C(NCc1scnc1C)NCC(c1cccs1)N1CCOCC1. The van der Waals surface area contributed by atoms with Crippen LogP contribution in [0.4, 0.5) is 0 Å². The van der Waals surface area contributed by atoms with Gasteiger partial charge in [0.25, 0.3) is 0 Å². The highest BCUT2D eigenvalue weighted by Gasteiger charge is 2.23. The van der Waals surface area contributed by atoms with Gasteiger partial charge in [0.1, 0.15) is 0 Å². The van der Waals surface area contributed by atoms with Gasteiger partial charge in [0.2, 0.25) is 0 Å². The molecule has 1 unspecified atom stereocenters. The van der Waals surface area contributed by atoms with E-state index in [0.29, 0.717) is 6.04 Å². The van der Waals surface area contributed by atoms with Crippen molar-refractivity contribution in [1.82, 2.24) is 20.5 Å². The summed E-state index contributed by atoms with van der Waals surface area (Å²) in [5, 5.41) is 9.01. The molecule has 1 aliphatic rings. The third-order valence-electron chi connectivity index (χ3n) is 4.31. The zero-order chi connectivity index (χ0) is 17.5. The molecule has 3 heterocycles. The van der Waals surface area contributed by atoms with E-state index in [0.717, 1.165) is 51.0 Å². The van der Waals surface area contributed by atoms with Crippen molar-refractivity contribution in [2.24, 2.45) is 4.99 Å². The zero-order valence-electron chi connectivity index (χ0n) is 14.7. The first-order valence-electron chi connectivity index (χ1n) is 8.46. The van der Waals surface area contributed by atoms with Crippen LogP contribution < -0.4 is 10.6 Å². The molecule has 1 fully saturated rings. The van der Waals surface area contributed by atoms with Gasteiger partial charge in [-0.1, -0.05) is 6.07 Å². The van der Waals surface area contributed by atoms with E-state index in [4.69, 9.17) is 4.74 Å². The lowest BCUT2D eigenvalue weighted by Crippen LogP contribution is -2.46. The molecule has 136 valence electrons. The van der Waals surface area contributed by atoms with E-state index < -0.39 is 0 Å². The van der Waals surface area contributed by atoms with Crippen molar-refractivity contribution in [2.75, 3.05) is 39.9 Å². The lowest BCUT2D eigenvalue weighted by atomic mass is 10.2. The molecule has 1 atom stereocenters. The number of ether oxygens (including phenoxy) is 1. The van der Waals surface area contributed by atoms with E-state index in [9.17, 15) is 0 Å². The van der Waals surface area contributed by atoms with Crippen LogP contribution in [0.2, 0.25) is 0 Å². The number of hydrogen-bond acceptors (Lipinski definition) is 6. The number of guanidine groups is 1.